The van der Waals surface area contributed by atoms with E-state index in [-0.39, 0.29) is 13.1 Å². The predicted molar refractivity (Wildman–Crippen MR) is 90.4 cm³/mol. The van der Waals surface area contributed by atoms with E-state index in [0.29, 0.717) is 5.01 Å². The van der Waals surface area contributed by atoms with E-state index in [1.54, 1.807) is 0 Å². The molecule has 0 spiro atoms. The van der Waals surface area contributed by atoms with Crippen molar-refractivity contribution in [3.8, 4) is 0 Å². The molecule has 3 heterocycles. The van der Waals surface area contributed by atoms with E-state index in [1.165, 1.54) is 22.7 Å². The van der Waals surface area contributed by atoms with Crippen molar-refractivity contribution >= 4 is 50.7 Å². The van der Waals surface area contributed by atoms with E-state index < -0.39 is 17.8 Å². The van der Waals surface area contributed by atoms with E-state index in [9.17, 15) is 14.4 Å². The quantitative estimate of drug-likeness (QED) is 0.532. The van der Waals surface area contributed by atoms with E-state index in [2.05, 4.69) is 4.98 Å². The van der Waals surface area contributed by atoms with Crippen LogP contribution in [0.15, 0.2) is 41.8 Å². The van der Waals surface area contributed by atoms with E-state index >= 15 is 0 Å². The summed E-state index contributed by atoms with van der Waals surface area (Å²) in [6, 6.07) is 10.7. The number of hydrogen-bond donors (Lipinski definition) is 0. The molecule has 1 aliphatic heterocycles. The van der Waals surface area contributed by atoms with Crippen LogP contribution in [0.25, 0.3) is 10.2 Å². The van der Waals surface area contributed by atoms with Gasteiger partial charge in [-0.25, -0.2) is 14.7 Å². The second kappa shape index (κ2) is 5.81. The summed E-state index contributed by atoms with van der Waals surface area (Å²) >= 11 is 2.85. The van der Waals surface area contributed by atoms with Gasteiger partial charge in [-0.2, -0.15) is 0 Å². The Morgan fingerprint density at radius 3 is 2.38 bits per heavy atom. The first-order valence-corrected chi connectivity index (χ1v) is 8.87. The molecule has 0 unspecified atom stereocenters. The fourth-order valence-electron chi connectivity index (χ4n) is 2.51. The van der Waals surface area contributed by atoms with Crippen molar-refractivity contribution in [1.82, 2.24) is 14.8 Å². The van der Waals surface area contributed by atoms with Gasteiger partial charge in [0.05, 0.1) is 23.3 Å². The fraction of sp³-hybridized carbons (Fsp3) is 0.125. The Morgan fingerprint density at radius 2 is 1.67 bits per heavy atom. The minimum atomic E-state index is -0.796. The summed E-state index contributed by atoms with van der Waals surface area (Å²) in [5.74, 6) is -1.58. The van der Waals surface area contributed by atoms with Gasteiger partial charge in [-0.05, 0) is 23.6 Å². The number of hydrogen-bond acceptors (Lipinski definition) is 6. The van der Waals surface area contributed by atoms with Gasteiger partial charge in [-0.15, -0.1) is 22.7 Å². The van der Waals surface area contributed by atoms with Crippen molar-refractivity contribution in [3.63, 3.8) is 0 Å². The maximum absolute atomic E-state index is 12.5. The van der Waals surface area contributed by atoms with Crippen LogP contribution >= 0.6 is 22.7 Å². The number of urea groups is 1. The summed E-state index contributed by atoms with van der Waals surface area (Å²) in [4.78, 5) is 44.0. The maximum atomic E-state index is 12.5. The molecule has 4 amide bonds. The van der Waals surface area contributed by atoms with Gasteiger partial charge < -0.3 is 0 Å². The van der Waals surface area contributed by atoms with Gasteiger partial charge in [0.1, 0.15) is 5.01 Å². The highest BCUT2D eigenvalue weighted by Crippen LogP contribution is 2.25. The molecular formula is C16H11N3O3S2. The Balaban J connectivity index is 1.57. The van der Waals surface area contributed by atoms with Gasteiger partial charge in [0.2, 0.25) is 0 Å². The van der Waals surface area contributed by atoms with Crippen LogP contribution in [0.4, 0.5) is 4.79 Å². The third-order valence-corrected chi connectivity index (χ3v) is 5.54. The molecule has 0 aliphatic carbocycles. The van der Waals surface area contributed by atoms with Crippen LogP contribution in [0.1, 0.15) is 9.88 Å². The third kappa shape index (κ3) is 2.49. The zero-order valence-electron chi connectivity index (χ0n) is 12.3. The Hall–Kier alpha value is -2.58. The summed E-state index contributed by atoms with van der Waals surface area (Å²) in [5, 5.41) is 2.49. The smallest absolute Gasteiger partial charge is 0.263 e. The summed E-state index contributed by atoms with van der Waals surface area (Å²) in [6.45, 7) is 0.140. The van der Waals surface area contributed by atoms with Crippen LogP contribution in [0, 0.1) is 0 Å². The molecule has 3 aromatic rings. The van der Waals surface area contributed by atoms with Crippen molar-refractivity contribution in [2.45, 2.75) is 13.1 Å². The fourth-order valence-corrected chi connectivity index (χ4v) is 4.16. The number of para-hydroxylation sites is 1. The van der Waals surface area contributed by atoms with E-state index in [0.717, 1.165) is 24.9 Å². The van der Waals surface area contributed by atoms with Gasteiger partial charge in [-0.1, -0.05) is 18.2 Å². The Kier molecular flexibility index (Phi) is 3.62. The molecule has 1 fully saturated rings. The number of carbonyl (C=O) groups is 3. The normalized spacial score (nSPS) is 15.1. The third-order valence-electron chi connectivity index (χ3n) is 3.66. The van der Waals surface area contributed by atoms with Crippen LogP contribution in [-0.4, -0.2) is 32.6 Å². The average Bonchev–Trinajstić information content (AvgIpc) is 3.27. The molecule has 0 radical (unpaired) electrons. The highest BCUT2D eigenvalue weighted by Gasteiger charge is 2.44. The summed E-state index contributed by atoms with van der Waals surface area (Å²) in [6.07, 6.45) is 0. The van der Waals surface area contributed by atoms with Gasteiger partial charge in [0.15, 0.2) is 0 Å². The number of fused-ring (bicyclic) bond motifs is 1. The molecule has 0 bridgehead atoms. The average molecular weight is 357 g/mol. The first-order chi connectivity index (χ1) is 11.6. The van der Waals surface area contributed by atoms with Gasteiger partial charge in [0, 0.05) is 4.88 Å². The van der Waals surface area contributed by atoms with Gasteiger partial charge in [0.25, 0.3) is 0 Å². The molecule has 24 heavy (non-hydrogen) atoms. The van der Waals surface area contributed by atoms with Crippen molar-refractivity contribution in [2.24, 2.45) is 0 Å². The number of nitrogens with zero attached hydrogens (tertiary/aromatic N) is 3. The number of thiazole rings is 1. The molecular weight excluding hydrogens is 346 g/mol. The zero-order valence-corrected chi connectivity index (χ0v) is 14.0. The molecule has 2 aromatic heterocycles. The van der Waals surface area contributed by atoms with Crippen molar-refractivity contribution < 1.29 is 14.4 Å². The first-order valence-electron chi connectivity index (χ1n) is 7.17. The topological polar surface area (TPSA) is 70.6 Å². The van der Waals surface area contributed by atoms with Crippen molar-refractivity contribution in [3.05, 3.63) is 51.7 Å². The molecule has 6 nitrogen and oxygen atoms in total. The standard InChI is InChI=1S/C16H11N3O3S2/c20-14-15(21)19(16(22)18(14)8-10-4-3-7-23-10)9-13-17-11-5-1-2-6-12(11)24-13/h1-7H,8-9H2. The van der Waals surface area contributed by atoms with Crippen LogP contribution < -0.4 is 0 Å². The number of carbonyl (C=O) groups excluding carboxylic acids is 3. The Labute approximate surface area is 144 Å². The maximum Gasteiger partial charge on any atom is 0.334 e. The molecule has 1 saturated heterocycles. The second-order valence-electron chi connectivity index (χ2n) is 5.22. The lowest BCUT2D eigenvalue weighted by molar-refractivity contribution is -0.143. The highest BCUT2D eigenvalue weighted by molar-refractivity contribution is 7.18. The molecule has 1 aliphatic rings. The summed E-state index contributed by atoms with van der Waals surface area (Å²) in [5.41, 5.74) is 0.818. The highest BCUT2D eigenvalue weighted by atomic mass is 32.1. The molecule has 120 valence electrons. The second-order valence-corrected chi connectivity index (χ2v) is 7.37. The summed E-state index contributed by atoms with van der Waals surface area (Å²) in [7, 11) is 0. The van der Waals surface area contributed by atoms with Gasteiger partial charge in [-0.3, -0.25) is 14.5 Å². The number of thiophene rings is 1. The largest absolute Gasteiger partial charge is 0.334 e. The molecule has 8 heteroatoms. The first kappa shape index (κ1) is 15.0. The van der Waals surface area contributed by atoms with Crippen molar-refractivity contribution in [1.29, 1.82) is 0 Å². The zero-order chi connectivity index (χ0) is 16.7. The number of benzene rings is 1. The predicted octanol–water partition coefficient (Wildman–Crippen LogP) is 2.85. The molecule has 1 aromatic carbocycles. The van der Waals surface area contributed by atoms with Crippen molar-refractivity contribution in [2.75, 3.05) is 0 Å². The van der Waals surface area contributed by atoms with E-state index in [4.69, 9.17) is 0 Å². The van der Waals surface area contributed by atoms with Crippen LogP contribution in [0.2, 0.25) is 0 Å². The SMILES string of the molecule is O=C1C(=O)N(Cc2nc3ccccc3s2)C(=O)N1Cc1cccs1. The lowest BCUT2D eigenvalue weighted by Crippen LogP contribution is -2.32. The monoisotopic (exact) mass is 357 g/mol. The Morgan fingerprint density at radius 1 is 0.917 bits per heavy atom. The number of imide groups is 2. The number of amides is 4. The van der Waals surface area contributed by atoms with Crippen LogP contribution in [0.5, 0.6) is 0 Å². The minimum absolute atomic E-state index is 0.0176. The lowest BCUT2D eigenvalue weighted by atomic mass is 10.3. The number of rotatable bonds is 4. The summed E-state index contributed by atoms with van der Waals surface area (Å²) < 4.78 is 0.980. The van der Waals surface area contributed by atoms with E-state index in [1.807, 2.05) is 41.8 Å². The molecule has 0 saturated carbocycles. The Bertz CT molecular complexity index is 916. The molecule has 0 atom stereocenters. The minimum Gasteiger partial charge on any atom is -0.263 e. The van der Waals surface area contributed by atoms with Gasteiger partial charge >= 0.3 is 17.8 Å². The molecule has 4 rings (SSSR count). The van der Waals surface area contributed by atoms with Crippen LogP contribution in [0.3, 0.4) is 0 Å². The molecule has 0 N–H and O–H groups in total. The lowest BCUT2D eigenvalue weighted by Gasteiger charge is -2.13. The van der Waals surface area contributed by atoms with Crippen LogP contribution in [-0.2, 0) is 22.7 Å². The number of aromatic nitrogens is 1.